The second-order valence-corrected chi connectivity index (χ2v) is 2.62. The summed E-state index contributed by atoms with van der Waals surface area (Å²) in [5.74, 6) is 0.164. The van der Waals surface area contributed by atoms with Crippen LogP contribution in [-0.2, 0) is 4.79 Å². The van der Waals surface area contributed by atoms with Gasteiger partial charge in [-0.3, -0.25) is 4.79 Å². The largest absolute Gasteiger partial charge is 0.356 e. The summed E-state index contributed by atoms with van der Waals surface area (Å²) in [6, 6.07) is 2.45. The number of carbonyl (C=O) groups is 1. The van der Waals surface area contributed by atoms with E-state index in [0.29, 0.717) is 6.41 Å². The first kappa shape index (κ1) is 7.07. The number of nitriles is 1. The molecule has 0 aromatic carbocycles. The molecule has 0 aromatic heterocycles. The number of rotatable bonds is 2. The molecule has 1 aliphatic carbocycles. The molecule has 0 radical (unpaired) electrons. The fourth-order valence-corrected chi connectivity index (χ4v) is 1.35. The third-order valence-corrected chi connectivity index (χ3v) is 1.92. The quantitative estimate of drug-likeness (QED) is 0.562. The third-order valence-electron chi connectivity index (χ3n) is 1.92. The Bertz CT molecular complexity index is 161. The summed E-state index contributed by atoms with van der Waals surface area (Å²) in [6.45, 7) is 0. The maximum absolute atomic E-state index is 9.96. The Morgan fingerprint density at radius 1 is 1.60 bits per heavy atom. The molecule has 0 aromatic rings. The normalized spacial score (nSPS) is 31.1. The number of hydrogen-bond donors (Lipinski definition) is 1. The first-order valence-corrected chi connectivity index (χ1v) is 3.46. The summed E-state index contributed by atoms with van der Waals surface area (Å²) in [7, 11) is 0. The molecule has 0 bridgehead atoms. The number of hydrogen-bond acceptors (Lipinski definition) is 2. The number of amides is 1. The molecule has 3 nitrogen and oxygen atoms in total. The molecule has 1 saturated carbocycles. The van der Waals surface area contributed by atoms with Crippen LogP contribution in [0.4, 0.5) is 0 Å². The van der Waals surface area contributed by atoms with Crippen molar-refractivity contribution in [2.75, 3.05) is 0 Å². The van der Waals surface area contributed by atoms with E-state index >= 15 is 0 Å². The van der Waals surface area contributed by atoms with Crippen LogP contribution >= 0.6 is 0 Å². The first-order chi connectivity index (χ1) is 4.86. The van der Waals surface area contributed by atoms with Crippen LogP contribution in [0.3, 0.4) is 0 Å². The molecule has 1 N–H and O–H groups in total. The van der Waals surface area contributed by atoms with Gasteiger partial charge in [0, 0.05) is 12.0 Å². The SMILES string of the molecule is N#CC1CCC(NC=O)C1. The second kappa shape index (κ2) is 3.21. The lowest BCUT2D eigenvalue weighted by Gasteiger charge is -2.04. The third kappa shape index (κ3) is 1.47. The molecule has 1 amide bonds. The Hall–Kier alpha value is -1.04. The summed E-state index contributed by atoms with van der Waals surface area (Å²) in [5.41, 5.74) is 0. The topological polar surface area (TPSA) is 52.9 Å². The molecule has 0 saturated heterocycles. The van der Waals surface area contributed by atoms with Gasteiger partial charge in [0.15, 0.2) is 0 Å². The van der Waals surface area contributed by atoms with Crippen LogP contribution < -0.4 is 5.32 Å². The van der Waals surface area contributed by atoms with Gasteiger partial charge in [0.2, 0.25) is 6.41 Å². The van der Waals surface area contributed by atoms with Gasteiger partial charge in [-0.2, -0.15) is 5.26 Å². The van der Waals surface area contributed by atoms with Gasteiger partial charge >= 0.3 is 0 Å². The highest BCUT2D eigenvalue weighted by atomic mass is 16.1. The zero-order valence-corrected chi connectivity index (χ0v) is 5.71. The van der Waals surface area contributed by atoms with E-state index in [-0.39, 0.29) is 12.0 Å². The van der Waals surface area contributed by atoms with Crippen molar-refractivity contribution < 1.29 is 4.79 Å². The Labute approximate surface area is 60.0 Å². The minimum Gasteiger partial charge on any atom is -0.356 e. The molecule has 1 aliphatic rings. The monoisotopic (exact) mass is 138 g/mol. The van der Waals surface area contributed by atoms with E-state index in [0.717, 1.165) is 19.3 Å². The van der Waals surface area contributed by atoms with Gasteiger partial charge in [-0.25, -0.2) is 0 Å². The highest BCUT2D eigenvalue weighted by Crippen LogP contribution is 2.23. The second-order valence-electron chi connectivity index (χ2n) is 2.62. The molecule has 0 spiro atoms. The summed E-state index contributed by atoms with van der Waals surface area (Å²) in [4.78, 5) is 9.96. The summed E-state index contributed by atoms with van der Waals surface area (Å²) >= 11 is 0. The number of nitrogens with one attached hydrogen (secondary N) is 1. The average molecular weight is 138 g/mol. The first-order valence-electron chi connectivity index (χ1n) is 3.46. The van der Waals surface area contributed by atoms with Crippen LogP contribution in [-0.4, -0.2) is 12.5 Å². The van der Waals surface area contributed by atoms with Crippen molar-refractivity contribution in [1.82, 2.24) is 5.32 Å². The molecule has 10 heavy (non-hydrogen) atoms. The lowest BCUT2D eigenvalue weighted by atomic mass is 10.1. The van der Waals surface area contributed by atoms with Crippen LogP contribution in [0, 0.1) is 17.2 Å². The minimum absolute atomic E-state index is 0.164. The van der Waals surface area contributed by atoms with Crippen LogP contribution in [0.5, 0.6) is 0 Å². The van der Waals surface area contributed by atoms with Crippen molar-refractivity contribution >= 4 is 6.41 Å². The zero-order valence-electron chi connectivity index (χ0n) is 5.71. The van der Waals surface area contributed by atoms with Crippen molar-refractivity contribution in [2.45, 2.75) is 25.3 Å². The molecule has 54 valence electrons. The lowest BCUT2D eigenvalue weighted by molar-refractivity contribution is -0.110. The van der Waals surface area contributed by atoms with Crippen LogP contribution in [0.15, 0.2) is 0 Å². The fraction of sp³-hybridized carbons (Fsp3) is 0.714. The van der Waals surface area contributed by atoms with Crippen molar-refractivity contribution in [1.29, 1.82) is 5.26 Å². The van der Waals surface area contributed by atoms with Crippen molar-refractivity contribution in [3.8, 4) is 6.07 Å². The van der Waals surface area contributed by atoms with Gasteiger partial charge in [0.1, 0.15) is 0 Å². The van der Waals surface area contributed by atoms with Crippen molar-refractivity contribution in [2.24, 2.45) is 5.92 Å². The van der Waals surface area contributed by atoms with E-state index in [1.165, 1.54) is 0 Å². The predicted molar refractivity (Wildman–Crippen MR) is 35.9 cm³/mol. The standard InChI is InChI=1S/C7H10N2O/c8-4-6-1-2-7(3-6)9-5-10/h5-7H,1-3H2,(H,9,10). The number of carbonyl (C=O) groups excluding carboxylic acids is 1. The van der Waals surface area contributed by atoms with Crippen LogP contribution in [0.1, 0.15) is 19.3 Å². The summed E-state index contributed by atoms with van der Waals surface area (Å²) < 4.78 is 0. The minimum atomic E-state index is 0.164. The molecule has 0 aliphatic heterocycles. The van der Waals surface area contributed by atoms with Gasteiger partial charge in [0.25, 0.3) is 0 Å². The predicted octanol–water partition coefficient (Wildman–Crippen LogP) is 0.425. The fourth-order valence-electron chi connectivity index (χ4n) is 1.35. The number of nitrogens with zero attached hydrogens (tertiary/aromatic N) is 1. The zero-order chi connectivity index (χ0) is 7.40. The smallest absolute Gasteiger partial charge is 0.207 e. The summed E-state index contributed by atoms with van der Waals surface area (Å²) in [5, 5.41) is 11.2. The molecule has 2 atom stereocenters. The Morgan fingerprint density at radius 3 is 2.90 bits per heavy atom. The maximum Gasteiger partial charge on any atom is 0.207 e. The lowest BCUT2D eigenvalue weighted by Crippen LogP contribution is -2.24. The Balaban J connectivity index is 2.30. The molecular formula is C7H10N2O. The summed E-state index contributed by atoms with van der Waals surface area (Å²) in [6.07, 6.45) is 3.43. The van der Waals surface area contributed by atoms with E-state index in [2.05, 4.69) is 11.4 Å². The van der Waals surface area contributed by atoms with E-state index in [1.54, 1.807) is 0 Å². The van der Waals surface area contributed by atoms with Gasteiger partial charge < -0.3 is 5.32 Å². The van der Waals surface area contributed by atoms with Crippen LogP contribution in [0.2, 0.25) is 0 Å². The van der Waals surface area contributed by atoms with Crippen LogP contribution in [0.25, 0.3) is 0 Å². The molecule has 1 rings (SSSR count). The molecule has 3 heteroatoms. The average Bonchev–Trinajstić information content (AvgIpc) is 2.37. The molecule has 0 heterocycles. The van der Waals surface area contributed by atoms with Gasteiger partial charge in [-0.05, 0) is 19.3 Å². The van der Waals surface area contributed by atoms with E-state index < -0.39 is 0 Å². The molecular weight excluding hydrogens is 128 g/mol. The maximum atomic E-state index is 9.96. The molecule has 1 fully saturated rings. The van der Waals surface area contributed by atoms with Crippen molar-refractivity contribution in [3.63, 3.8) is 0 Å². The van der Waals surface area contributed by atoms with Gasteiger partial charge in [-0.15, -0.1) is 0 Å². The Kier molecular flexibility index (Phi) is 2.27. The Morgan fingerprint density at radius 2 is 2.40 bits per heavy atom. The van der Waals surface area contributed by atoms with E-state index in [4.69, 9.17) is 5.26 Å². The van der Waals surface area contributed by atoms with Gasteiger partial charge in [-0.1, -0.05) is 0 Å². The van der Waals surface area contributed by atoms with E-state index in [9.17, 15) is 4.79 Å². The van der Waals surface area contributed by atoms with Gasteiger partial charge in [0.05, 0.1) is 6.07 Å². The highest BCUT2D eigenvalue weighted by molar-refractivity contribution is 5.46. The van der Waals surface area contributed by atoms with Crippen molar-refractivity contribution in [3.05, 3.63) is 0 Å². The highest BCUT2D eigenvalue weighted by Gasteiger charge is 2.23. The van der Waals surface area contributed by atoms with E-state index in [1.807, 2.05) is 0 Å². The molecule has 2 unspecified atom stereocenters.